The third-order valence-corrected chi connectivity index (χ3v) is 2.77. The minimum Gasteiger partial charge on any atom is -0.506 e. The van der Waals surface area contributed by atoms with Crippen molar-refractivity contribution in [3.05, 3.63) is 32.3 Å². The Morgan fingerprint density at radius 2 is 2.19 bits per heavy atom. The highest BCUT2D eigenvalue weighted by Crippen LogP contribution is 2.35. The van der Waals surface area contributed by atoms with Crippen LogP contribution in [0.15, 0.2) is 16.6 Å². The van der Waals surface area contributed by atoms with Crippen LogP contribution in [0.2, 0.25) is 0 Å². The summed E-state index contributed by atoms with van der Waals surface area (Å²) >= 11 is 3.04. The van der Waals surface area contributed by atoms with Crippen LogP contribution in [0.25, 0.3) is 0 Å². The van der Waals surface area contributed by atoms with Gasteiger partial charge in [-0.25, -0.2) is 0 Å². The molecule has 0 spiro atoms. The van der Waals surface area contributed by atoms with Gasteiger partial charge in [0.25, 0.3) is 5.69 Å². The van der Waals surface area contributed by atoms with Gasteiger partial charge in [0.2, 0.25) is 0 Å². The normalized spacial score (nSPS) is 12.4. The van der Waals surface area contributed by atoms with Crippen LogP contribution in [0.4, 0.5) is 5.69 Å². The molecule has 6 nitrogen and oxygen atoms in total. The molecule has 0 bridgehead atoms. The molecule has 0 radical (unpaired) electrons. The van der Waals surface area contributed by atoms with Crippen LogP contribution in [0, 0.1) is 10.1 Å². The maximum absolute atomic E-state index is 10.6. The van der Waals surface area contributed by atoms with Crippen molar-refractivity contribution in [3.8, 4) is 5.75 Å². The summed E-state index contributed by atoms with van der Waals surface area (Å²) in [4.78, 5) is 10.1. The zero-order valence-corrected chi connectivity index (χ0v) is 9.98. The van der Waals surface area contributed by atoms with Crippen LogP contribution in [0.3, 0.4) is 0 Å². The number of rotatable bonds is 4. The lowest BCUT2D eigenvalue weighted by Gasteiger charge is -2.13. The van der Waals surface area contributed by atoms with Crippen molar-refractivity contribution in [3.63, 3.8) is 0 Å². The fourth-order valence-corrected chi connectivity index (χ4v) is 1.79. The number of non-ortho nitro benzene ring substituents is 1. The van der Waals surface area contributed by atoms with Gasteiger partial charge in [0, 0.05) is 23.7 Å². The lowest BCUT2D eigenvalue weighted by atomic mass is 10.0. The quantitative estimate of drug-likeness (QED) is 0.572. The number of nitrogens with two attached hydrogens (primary N) is 2. The van der Waals surface area contributed by atoms with Crippen molar-refractivity contribution >= 4 is 21.6 Å². The largest absolute Gasteiger partial charge is 0.506 e. The summed E-state index contributed by atoms with van der Waals surface area (Å²) in [6, 6.07) is 1.98. The van der Waals surface area contributed by atoms with Gasteiger partial charge in [-0.15, -0.1) is 0 Å². The Hall–Kier alpha value is -1.18. The Labute approximate surface area is 101 Å². The molecule has 5 N–H and O–H groups in total. The molecule has 7 heteroatoms. The molecule has 0 heterocycles. The van der Waals surface area contributed by atoms with Gasteiger partial charge >= 0.3 is 0 Å². The van der Waals surface area contributed by atoms with Crippen LogP contribution >= 0.6 is 15.9 Å². The predicted octanol–water partition coefficient (Wildman–Crippen LogP) is 1.41. The number of benzene rings is 1. The Kier molecular flexibility index (Phi) is 4.22. The highest BCUT2D eigenvalue weighted by molar-refractivity contribution is 9.10. The molecule has 0 aromatic heterocycles. The molecule has 0 saturated carbocycles. The van der Waals surface area contributed by atoms with Gasteiger partial charge in [0.1, 0.15) is 5.75 Å². The second kappa shape index (κ2) is 5.24. The molecule has 0 fully saturated rings. The molecule has 1 rings (SSSR count). The molecule has 0 unspecified atom stereocenters. The molecular weight excluding hydrogens is 278 g/mol. The number of phenolic OH excluding ortho intramolecular Hbond substituents is 1. The first-order valence-electron chi connectivity index (χ1n) is 4.59. The SMILES string of the molecule is NCC[C@H](N)c1cc([N+](=O)[O-])cc(Br)c1O. The molecule has 0 saturated heterocycles. The van der Waals surface area contributed by atoms with Gasteiger partial charge in [-0.2, -0.15) is 0 Å². The minimum atomic E-state index is -0.539. The number of halogens is 1. The van der Waals surface area contributed by atoms with Crippen LogP contribution in [-0.2, 0) is 0 Å². The predicted molar refractivity (Wildman–Crippen MR) is 63.1 cm³/mol. The first-order valence-corrected chi connectivity index (χ1v) is 5.39. The summed E-state index contributed by atoms with van der Waals surface area (Å²) < 4.78 is 0.254. The molecule has 1 aromatic rings. The van der Waals surface area contributed by atoms with E-state index >= 15 is 0 Å². The van der Waals surface area contributed by atoms with Crippen LogP contribution < -0.4 is 11.5 Å². The Morgan fingerprint density at radius 3 is 2.69 bits per heavy atom. The molecule has 16 heavy (non-hydrogen) atoms. The summed E-state index contributed by atoms with van der Waals surface area (Å²) in [7, 11) is 0. The number of nitro groups is 1. The van der Waals surface area contributed by atoms with Crippen molar-refractivity contribution in [2.45, 2.75) is 12.5 Å². The Morgan fingerprint density at radius 1 is 1.56 bits per heavy atom. The lowest BCUT2D eigenvalue weighted by molar-refractivity contribution is -0.385. The van der Waals surface area contributed by atoms with Crippen molar-refractivity contribution < 1.29 is 10.0 Å². The van der Waals surface area contributed by atoms with E-state index in [1.54, 1.807) is 0 Å². The molecule has 0 aliphatic rings. The average molecular weight is 290 g/mol. The van der Waals surface area contributed by atoms with E-state index in [-0.39, 0.29) is 15.9 Å². The second-order valence-corrected chi connectivity index (χ2v) is 4.16. The van der Waals surface area contributed by atoms with Gasteiger partial charge in [0.15, 0.2) is 0 Å². The van der Waals surface area contributed by atoms with Gasteiger partial charge in [0.05, 0.1) is 9.40 Å². The van der Waals surface area contributed by atoms with E-state index in [0.29, 0.717) is 18.5 Å². The molecule has 0 amide bonds. The fourth-order valence-electron chi connectivity index (χ4n) is 1.33. The number of aromatic hydroxyl groups is 1. The second-order valence-electron chi connectivity index (χ2n) is 3.31. The molecule has 0 aliphatic heterocycles. The van der Waals surface area contributed by atoms with E-state index in [0.717, 1.165) is 0 Å². The average Bonchev–Trinajstić information content (AvgIpc) is 2.21. The molecular formula is C9H12BrN3O3. The van der Waals surface area contributed by atoms with Crippen LogP contribution in [0.1, 0.15) is 18.0 Å². The summed E-state index contributed by atoms with van der Waals surface area (Å²) in [6.45, 7) is 0.348. The van der Waals surface area contributed by atoms with Crippen molar-refractivity contribution in [1.82, 2.24) is 0 Å². The summed E-state index contributed by atoms with van der Waals surface area (Å²) in [5.74, 6) is -0.0773. The zero-order chi connectivity index (χ0) is 12.3. The van der Waals surface area contributed by atoms with Gasteiger partial charge in [-0.1, -0.05) is 0 Å². The van der Waals surface area contributed by atoms with E-state index < -0.39 is 11.0 Å². The van der Waals surface area contributed by atoms with E-state index in [9.17, 15) is 15.2 Å². The van der Waals surface area contributed by atoms with E-state index in [1.807, 2.05) is 0 Å². The third-order valence-electron chi connectivity index (χ3n) is 2.17. The van der Waals surface area contributed by atoms with E-state index in [2.05, 4.69) is 15.9 Å². The van der Waals surface area contributed by atoms with Crippen LogP contribution in [-0.4, -0.2) is 16.6 Å². The number of phenols is 1. The fraction of sp³-hybridized carbons (Fsp3) is 0.333. The lowest BCUT2D eigenvalue weighted by Crippen LogP contribution is -2.15. The third kappa shape index (κ3) is 2.69. The monoisotopic (exact) mass is 289 g/mol. The number of nitrogens with zero attached hydrogens (tertiary/aromatic N) is 1. The number of hydrogen-bond donors (Lipinski definition) is 3. The number of nitro benzene ring substituents is 1. The Bertz CT molecular complexity index is 411. The van der Waals surface area contributed by atoms with Gasteiger partial charge < -0.3 is 16.6 Å². The smallest absolute Gasteiger partial charge is 0.271 e. The van der Waals surface area contributed by atoms with E-state index in [4.69, 9.17) is 11.5 Å². The molecule has 1 atom stereocenters. The molecule has 0 aliphatic carbocycles. The maximum atomic E-state index is 10.6. The zero-order valence-electron chi connectivity index (χ0n) is 8.39. The first-order chi connectivity index (χ1) is 7.47. The summed E-state index contributed by atoms with van der Waals surface area (Å²) in [6.07, 6.45) is 0.446. The number of hydrogen-bond acceptors (Lipinski definition) is 5. The summed E-state index contributed by atoms with van der Waals surface area (Å²) in [5.41, 5.74) is 11.3. The van der Waals surface area contributed by atoms with Gasteiger partial charge in [-0.05, 0) is 28.9 Å². The highest BCUT2D eigenvalue weighted by Gasteiger charge is 2.18. The first kappa shape index (κ1) is 12.9. The Balaban J connectivity index is 3.21. The highest BCUT2D eigenvalue weighted by atomic mass is 79.9. The van der Waals surface area contributed by atoms with Crippen LogP contribution in [0.5, 0.6) is 5.75 Å². The van der Waals surface area contributed by atoms with Crippen molar-refractivity contribution in [2.75, 3.05) is 6.54 Å². The topological polar surface area (TPSA) is 115 Å². The summed E-state index contributed by atoms with van der Waals surface area (Å²) in [5, 5.41) is 20.3. The van der Waals surface area contributed by atoms with E-state index in [1.165, 1.54) is 12.1 Å². The molecule has 88 valence electrons. The maximum Gasteiger partial charge on any atom is 0.271 e. The van der Waals surface area contributed by atoms with Gasteiger partial charge in [-0.3, -0.25) is 10.1 Å². The molecule has 1 aromatic carbocycles. The van der Waals surface area contributed by atoms with Crippen molar-refractivity contribution in [2.24, 2.45) is 11.5 Å². The minimum absolute atomic E-state index is 0.0773. The van der Waals surface area contributed by atoms with Crippen molar-refractivity contribution in [1.29, 1.82) is 0 Å². The standard InChI is InChI=1S/C9H12BrN3O3/c10-7-4-5(13(15)16)3-6(9(7)14)8(12)1-2-11/h3-4,8,14H,1-2,11-12H2/t8-/m0/s1.